The molecular formula is C22H23BrN4O2S. The molecule has 0 saturated carbocycles. The number of imidazole rings is 1. The molecule has 4 rings (SSSR count). The van der Waals surface area contributed by atoms with Gasteiger partial charge in [-0.05, 0) is 50.1 Å². The third-order valence-corrected chi connectivity index (χ3v) is 6.34. The van der Waals surface area contributed by atoms with E-state index in [0.717, 1.165) is 27.8 Å². The fourth-order valence-electron chi connectivity index (χ4n) is 3.36. The van der Waals surface area contributed by atoms with E-state index < -0.39 is 0 Å². The van der Waals surface area contributed by atoms with E-state index in [2.05, 4.69) is 28.9 Å². The van der Waals surface area contributed by atoms with E-state index in [9.17, 15) is 4.79 Å². The number of aromatic nitrogens is 4. The first kappa shape index (κ1) is 21.1. The van der Waals surface area contributed by atoms with E-state index in [1.807, 2.05) is 48.0 Å². The Bertz CT molecular complexity index is 1250. The summed E-state index contributed by atoms with van der Waals surface area (Å²) in [5, 5.41) is 1.33. The number of thioether (sulfide) groups is 1. The summed E-state index contributed by atoms with van der Waals surface area (Å²) in [5.41, 5.74) is 3.73. The molecule has 3 aromatic heterocycles. The maximum Gasteiger partial charge on any atom is 0.262 e. The lowest BCUT2D eigenvalue weighted by Gasteiger charge is -2.13. The molecule has 30 heavy (non-hydrogen) atoms. The van der Waals surface area contributed by atoms with Crippen molar-refractivity contribution in [1.82, 2.24) is 18.9 Å². The molecule has 0 aliphatic rings. The van der Waals surface area contributed by atoms with Gasteiger partial charge in [-0.25, -0.2) is 9.97 Å². The third-order valence-electron chi connectivity index (χ3n) is 4.83. The van der Waals surface area contributed by atoms with E-state index >= 15 is 0 Å². The summed E-state index contributed by atoms with van der Waals surface area (Å²) < 4.78 is 10.1. The zero-order chi connectivity index (χ0) is 21.1. The second-order valence-corrected chi connectivity index (χ2v) is 8.86. The normalized spacial score (nSPS) is 11.6. The van der Waals surface area contributed by atoms with Gasteiger partial charge in [-0.1, -0.05) is 33.8 Å². The van der Waals surface area contributed by atoms with Gasteiger partial charge in [0.1, 0.15) is 5.65 Å². The average Bonchev–Trinajstić information content (AvgIpc) is 3.16. The minimum Gasteiger partial charge on any atom is -0.382 e. The maximum atomic E-state index is 13.2. The molecule has 3 heterocycles. The summed E-state index contributed by atoms with van der Waals surface area (Å²) in [6.45, 7) is 5.89. The Hall–Kier alpha value is -2.16. The lowest BCUT2D eigenvalue weighted by molar-refractivity contribution is 0.140. The molecule has 4 aromatic rings. The van der Waals surface area contributed by atoms with Crippen molar-refractivity contribution in [1.29, 1.82) is 0 Å². The quantitative estimate of drug-likeness (QED) is 0.202. The van der Waals surface area contributed by atoms with Gasteiger partial charge < -0.3 is 9.14 Å². The first-order valence-electron chi connectivity index (χ1n) is 9.90. The lowest BCUT2D eigenvalue weighted by atomic mass is 10.2. The van der Waals surface area contributed by atoms with E-state index in [4.69, 9.17) is 14.7 Å². The maximum absolute atomic E-state index is 13.2. The molecule has 0 unspecified atom stereocenters. The molecule has 0 amide bonds. The van der Waals surface area contributed by atoms with Crippen molar-refractivity contribution in [3.8, 4) is 0 Å². The molecule has 6 nitrogen and oxygen atoms in total. The number of nitrogens with zero attached hydrogens (tertiary/aromatic N) is 4. The van der Waals surface area contributed by atoms with Gasteiger partial charge in [-0.3, -0.25) is 9.36 Å². The predicted molar refractivity (Wildman–Crippen MR) is 124 cm³/mol. The van der Waals surface area contributed by atoms with Gasteiger partial charge in [0, 0.05) is 42.4 Å². The minimum atomic E-state index is -0.0221. The van der Waals surface area contributed by atoms with Crippen LogP contribution < -0.4 is 5.56 Å². The Morgan fingerprint density at radius 1 is 1.23 bits per heavy atom. The van der Waals surface area contributed by atoms with Crippen molar-refractivity contribution in [2.24, 2.45) is 0 Å². The monoisotopic (exact) mass is 486 g/mol. The Morgan fingerprint density at radius 2 is 2.10 bits per heavy atom. The molecule has 0 aliphatic carbocycles. The second kappa shape index (κ2) is 9.32. The third kappa shape index (κ3) is 4.45. The van der Waals surface area contributed by atoms with Crippen molar-refractivity contribution >= 4 is 44.2 Å². The van der Waals surface area contributed by atoms with Crippen molar-refractivity contribution in [3.63, 3.8) is 0 Å². The van der Waals surface area contributed by atoms with Crippen LogP contribution in [0.2, 0.25) is 0 Å². The number of hydrogen-bond donors (Lipinski definition) is 0. The van der Waals surface area contributed by atoms with Gasteiger partial charge in [0.2, 0.25) is 0 Å². The molecule has 8 heteroatoms. The number of benzene rings is 1. The van der Waals surface area contributed by atoms with Gasteiger partial charge >= 0.3 is 0 Å². The zero-order valence-electron chi connectivity index (χ0n) is 17.0. The van der Waals surface area contributed by atoms with Gasteiger partial charge in [0.15, 0.2) is 5.16 Å². The van der Waals surface area contributed by atoms with E-state index in [1.165, 1.54) is 0 Å². The van der Waals surface area contributed by atoms with Crippen LogP contribution in [0.3, 0.4) is 0 Å². The van der Waals surface area contributed by atoms with Crippen molar-refractivity contribution in [2.75, 3.05) is 13.2 Å². The molecule has 0 saturated heterocycles. The van der Waals surface area contributed by atoms with Crippen molar-refractivity contribution < 1.29 is 4.74 Å². The molecular weight excluding hydrogens is 464 g/mol. The highest BCUT2D eigenvalue weighted by Crippen LogP contribution is 2.24. The first-order chi connectivity index (χ1) is 14.6. The van der Waals surface area contributed by atoms with Crippen LogP contribution in [0.15, 0.2) is 57.1 Å². The van der Waals surface area contributed by atoms with Crippen LogP contribution in [0.25, 0.3) is 16.6 Å². The number of aryl methyl sites for hydroxylation is 1. The number of fused-ring (bicyclic) bond motifs is 2. The molecule has 0 spiro atoms. The van der Waals surface area contributed by atoms with Crippen molar-refractivity contribution in [2.45, 2.75) is 37.7 Å². The van der Waals surface area contributed by atoms with Crippen LogP contribution in [-0.4, -0.2) is 32.1 Å². The highest BCUT2D eigenvalue weighted by Gasteiger charge is 2.13. The lowest BCUT2D eigenvalue weighted by Crippen LogP contribution is -2.24. The molecule has 0 fully saturated rings. The number of hydrogen-bond acceptors (Lipinski definition) is 5. The number of rotatable bonds is 8. The highest BCUT2D eigenvalue weighted by molar-refractivity contribution is 9.10. The zero-order valence-corrected chi connectivity index (χ0v) is 19.4. The Morgan fingerprint density at radius 3 is 2.90 bits per heavy atom. The molecule has 0 bridgehead atoms. The molecule has 0 aliphatic heterocycles. The fraction of sp³-hybridized carbons (Fsp3) is 0.318. The number of pyridine rings is 1. The molecule has 156 valence electrons. The van der Waals surface area contributed by atoms with Gasteiger partial charge in [0.25, 0.3) is 5.56 Å². The molecule has 0 N–H and O–H groups in total. The Balaban J connectivity index is 1.65. The van der Waals surface area contributed by atoms with Crippen molar-refractivity contribution in [3.05, 3.63) is 68.8 Å². The molecule has 0 atom stereocenters. The van der Waals surface area contributed by atoms with E-state index in [0.29, 0.717) is 41.6 Å². The van der Waals surface area contributed by atoms with Crippen LogP contribution in [-0.2, 0) is 17.0 Å². The standard InChI is InChI=1S/C22H23BrN4O2S/c1-3-29-11-5-10-27-21(28)18-12-16(23)7-8-19(18)25-22(27)30-14-17-13-26-9-4-6-15(2)20(26)24-17/h4,6-9,12-13H,3,5,10-11,14H2,1-2H3. The van der Waals surface area contributed by atoms with E-state index in [1.54, 1.807) is 16.3 Å². The highest BCUT2D eigenvalue weighted by atomic mass is 79.9. The topological polar surface area (TPSA) is 61.4 Å². The summed E-state index contributed by atoms with van der Waals surface area (Å²) in [5.74, 6) is 0.640. The summed E-state index contributed by atoms with van der Waals surface area (Å²) >= 11 is 5.00. The summed E-state index contributed by atoms with van der Waals surface area (Å²) in [6.07, 6.45) is 4.79. The smallest absolute Gasteiger partial charge is 0.262 e. The summed E-state index contributed by atoms with van der Waals surface area (Å²) in [7, 11) is 0. The van der Waals surface area contributed by atoms with Crippen LogP contribution >= 0.6 is 27.7 Å². The van der Waals surface area contributed by atoms with E-state index in [-0.39, 0.29) is 5.56 Å². The summed E-state index contributed by atoms with van der Waals surface area (Å²) in [6, 6.07) is 9.69. The minimum absolute atomic E-state index is 0.0221. The average molecular weight is 487 g/mol. The van der Waals surface area contributed by atoms with Gasteiger partial charge in [0.05, 0.1) is 16.6 Å². The summed E-state index contributed by atoms with van der Waals surface area (Å²) in [4.78, 5) is 22.7. The van der Waals surface area contributed by atoms with Crippen LogP contribution in [0, 0.1) is 6.92 Å². The van der Waals surface area contributed by atoms with Crippen LogP contribution in [0.1, 0.15) is 24.6 Å². The number of halogens is 1. The number of ether oxygens (including phenoxy) is 1. The predicted octanol–water partition coefficient (Wildman–Crippen LogP) is 4.83. The van der Waals surface area contributed by atoms with Crippen LogP contribution in [0.5, 0.6) is 0 Å². The van der Waals surface area contributed by atoms with Gasteiger partial charge in [-0.15, -0.1) is 0 Å². The second-order valence-electron chi connectivity index (χ2n) is 7.01. The molecule has 1 aromatic carbocycles. The first-order valence-corrected chi connectivity index (χ1v) is 11.7. The van der Waals surface area contributed by atoms with Gasteiger partial charge in [-0.2, -0.15) is 0 Å². The molecule has 0 radical (unpaired) electrons. The van der Waals surface area contributed by atoms with Crippen LogP contribution in [0.4, 0.5) is 0 Å². The Labute approximate surface area is 187 Å². The SMILES string of the molecule is CCOCCCn1c(SCc2cn3cccc(C)c3n2)nc2ccc(Br)cc2c1=O. The fourth-order valence-corrected chi connectivity index (χ4v) is 4.63. The Kier molecular flexibility index (Phi) is 6.55. The largest absolute Gasteiger partial charge is 0.382 e.